The first-order valence-corrected chi connectivity index (χ1v) is 8.73. The van der Waals surface area contributed by atoms with Gasteiger partial charge >= 0.3 is 5.97 Å². The number of hydrogen-bond donors (Lipinski definition) is 0. The molecule has 0 heterocycles. The van der Waals surface area contributed by atoms with Gasteiger partial charge in [0.1, 0.15) is 5.75 Å². The number of carbonyl (C=O) groups excluding carboxylic acids is 1. The third-order valence-electron chi connectivity index (χ3n) is 3.82. The van der Waals surface area contributed by atoms with Crippen LogP contribution < -0.4 is 4.74 Å². The second-order valence-electron chi connectivity index (χ2n) is 5.81. The van der Waals surface area contributed by atoms with Gasteiger partial charge in [0.05, 0.1) is 18.8 Å². The fourth-order valence-corrected chi connectivity index (χ4v) is 2.40. The van der Waals surface area contributed by atoms with E-state index in [9.17, 15) is 4.79 Å². The van der Waals surface area contributed by atoms with Gasteiger partial charge in [0.25, 0.3) is 0 Å². The van der Waals surface area contributed by atoms with Crippen molar-refractivity contribution >= 4 is 5.97 Å². The van der Waals surface area contributed by atoms with E-state index in [4.69, 9.17) is 9.47 Å². The molecule has 2 aromatic rings. The van der Waals surface area contributed by atoms with Crippen LogP contribution in [0.2, 0.25) is 0 Å². The molecule has 0 saturated carbocycles. The SMILES string of the molecule is CCCCCCOc1ccc(C(=O)OCCc2ccccc2)cc1. The minimum absolute atomic E-state index is 0.291. The van der Waals surface area contributed by atoms with E-state index in [2.05, 4.69) is 6.92 Å². The molecule has 0 aliphatic heterocycles. The van der Waals surface area contributed by atoms with Crippen LogP contribution in [0.25, 0.3) is 0 Å². The highest BCUT2D eigenvalue weighted by atomic mass is 16.5. The van der Waals surface area contributed by atoms with Crippen molar-refractivity contribution in [2.24, 2.45) is 0 Å². The van der Waals surface area contributed by atoms with Crippen LogP contribution in [-0.4, -0.2) is 19.2 Å². The number of benzene rings is 2. The molecule has 0 amide bonds. The fourth-order valence-electron chi connectivity index (χ4n) is 2.40. The molecule has 0 fully saturated rings. The molecule has 0 atom stereocenters. The highest BCUT2D eigenvalue weighted by molar-refractivity contribution is 5.89. The molecule has 2 aromatic carbocycles. The molecule has 0 saturated heterocycles. The Balaban J connectivity index is 1.70. The number of carbonyl (C=O) groups is 1. The van der Waals surface area contributed by atoms with Crippen LogP contribution in [0.15, 0.2) is 54.6 Å². The quantitative estimate of drug-likeness (QED) is 0.453. The monoisotopic (exact) mass is 326 g/mol. The predicted molar refractivity (Wildman–Crippen MR) is 96.5 cm³/mol. The molecule has 2 rings (SSSR count). The molecule has 3 nitrogen and oxygen atoms in total. The van der Waals surface area contributed by atoms with Crippen molar-refractivity contribution in [1.82, 2.24) is 0 Å². The smallest absolute Gasteiger partial charge is 0.338 e. The number of ether oxygens (including phenoxy) is 2. The van der Waals surface area contributed by atoms with Crippen molar-refractivity contribution in [2.45, 2.75) is 39.0 Å². The van der Waals surface area contributed by atoms with Gasteiger partial charge in [0, 0.05) is 6.42 Å². The summed E-state index contributed by atoms with van der Waals surface area (Å²) in [5.41, 5.74) is 1.72. The van der Waals surface area contributed by atoms with Gasteiger partial charge in [-0.2, -0.15) is 0 Å². The normalized spacial score (nSPS) is 10.4. The standard InChI is InChI=1S/C21H26O3/c1-2-3-4-8-16-23-20-13-11-19(12-14-20)21(22)24-17-15-18-9-6-5-7-10-18/h5-7,9-14H,2-4,8,15-17H2,1H3. The first-order valence-electron chi connectivity index (χ1n) is 8.73. The van der Waals surface area contributed by atoms with Gasteiger partial charge in [-0.1, -0.05) is 56.5 Å². The van der Waals surface area contributed by atoms with Crippen LogP contribution in [0.1, 0.15) is 48.5 Å². The maximum Gasteiger partial charge on any atom is 0.338 e. The van der Waals surface area contributed by atoms with Crippen LogP contribution in [0, 0.1) is 0 Å². The summed E-state index contributed by atoms with van der Waals surface area (Å²) >= 11 is 0. The molecular weight excluding hydrogens is 300 g/mol. The first kappa shape index (κ1) is 18.1. The molecule has 0 aliphatic carbocycles. The van der Waals surface area contributed by atoms with E-state index in [0.29, 0.717) is 12.2 Å². The first-order chi connectivity index (χ1) is 11.8. The second kappa shape index (κ2) is 10.5. The van der Waals surface area contributed by atoms with E-state index in [1.165, 1.54) is 19.3 Å². The molecule has 24 heavy (non-hydrogen) atoms. The Morgan fingerprint density at radius 3 is 2.33 bits per heavy atom. The number of hydrogen-bond acceptors (Lipinski definition) is 3. The molecule has 0 radical (unpaired) electrons. The van der Waals surface area contributed by atoms with Crippen LogP contribution in [0.3, 0.4) is 0 Å². The number of rotatable bonds is 10. The topological polar surface area (TPSA) is 35.5 Å². The van der Waals surface area contributed by atoms with Crippen molar-refractivity contribution in [1.29, 1.82) is 0 Å². The zero-order chi connectivity index (χ0) is 17.0. The van der Waals surface area contributed by atoms with Gasteiger partial charge in [-0.3, -0.25) is 0 Å². The second-order valence-corrected chi connectivity index (χ2v) is 5.81. The molecule has 128 valence electrons. The summed E-state index contributed by atoms with van der Waals surface area (Å²) < 4.78 is 11.0. The fraction of sp³-hybridized carbons (Fsp3) is 0.381. The van der Waals surface area contributed by atoms with Crippen LogP contribution in [0.5, 0.6) is 5.75 Å². The summed E-state index contributed by atoms with van der Waals surface area (Å²) in [6, 6.07) is 17.2. The Morgan fingerprint density at radius 2 is 1.62 bits per heavy atom. The minimum Gasteiger partial charge on any atom is -0.494 e. The van der Waals surface area contributed by atoms with Crippen molar-refractivity contribution in [3.05, 3.63) is 65.7 Å². The lowest BCUT2D eigenvalue weighted by atomic mass is 10.2. The summed E-state index contributed by atoms with van der Waals surface area (Å²) in [4.78, 5) is 12.0. The van der Waals surface area contributed by atoms with E-state index in [-0.39, 0.29) is 5.97 Å². The van der Waals surface area contributed by atoms with Crippen LogP contribution >= 0.6 is 0 Å². The minimum atomic E-state index is -0.291. The lowest BCUT2D eigenvalue weighted by Crippen LogP contribution is -2.08. The molecule has 0 aliphatic rings. The third kappa shape index (κ3) is 6.45. The highest BCUT2D eigenvalue weighted by Crippen LogP contribution is 2.14. The van der Waals surface area contributed by atoms with Crippen molar-refractivity contribution in [3.63, 3.8) is 0 Å². The average molecular weight is 326 g/mol. The van der Waals surface area contributed by atoms with Crippen LogP contribution in [0.4, 0.5) is 0 Å². The average Bonchev–Trinajstić information content (AvgIpc) is 2.63. The largest absolute Gasteiger partial charge is 0.494 e. The van der Waals surface area contributed by atoms with Crippen LogP contribution in [-0.2, 0) is 11.2 Å². The Bertz CT molecular complexity index is 590. The summed E-state index contributed by atoms with van der Waals surface area (Å²) in [7, 11) is 0. The molecule has 0 bridgehead atoms. The van der Waals surface area contributed by atoms with E-state index in [0.717, 1.165) is 30.8 Å². The van der Waals surface area contributed by atoms with Gasteiger partial charge in [-0.15, -0.1) is 0 Å². The number of esters is 1. The molecule has 0 N–H and O–H groups in total. The summed E-state index contributed by atoms with van der Waals surface area (Å²) in [6.07, 6.45) is 5.46. The van der Waals surface area contributed by atoms with E-state index >= 15 is 0 Å². The molecule has 0 spiro atoms. The lowest BCUT2D eigenvalue weighted by molar-refractivity contribution is 0.0509. The predicted octanol–water partition coefficient (Wildman–Crippen LogP) is 5.05. The summed E-state index contributed by atoms with van der Waals surface area (Å²) in [5.74, 6) is 0.507. The van der Waals surface area contributed by atoms with Crippen molar-refractivity contribution < 1.29 is 14.3 Å². The Kier molecular flexibility index (Phi) is 7.88. The van der Waals surface area contributed by atoms with Gasteiger partial charge in [0.15, 0.2) is 0 Å². The summed E-state index contributed by atoms with van der Waals surface area (Å²) in [6.45, 7) is 3.30. The Morgan fingerprint density at radius 1 is 0.875 bits per heavy atom. The lowest BCUT2D eigenvalue weighted by Gasteiger charge is -2.08. The molecule has 0 aromatic heterocycles. The van der Waals surface area contributed by atoms with Gasteiger partial charge in [-0.05, 0) is 36.2 Å². The van der Waals surface area contributed by atoms with E-state index < -0.39 is 0 Å². The summed E-state index contributed by atoms with van der Waals surface area (Å²) in [5, 5.41) is 0. The number of unbranched alkanes of at least 4 members (excludes halogenated alkanes) is 3. The highest BCUT2D eigenvalue weighted by Gasteiger charge is 2.07. The molecule has 0 unspecified atom stereocenters. The maximum atomic E-state index is 12.0. The Labute approximate surface area is 144 Å². The van der Waals surface area contributed by atoms with E-state index in [1.807, 2.05) is 42.5 Å². The van der Waals surface area contributed by atoms with Crippen molar-refractivity contribution in [2.75, 3.05) is 13.2 Å². The third-order valence-corrected chi connectivity index (χ3v) is 3.82. The Hall–Kier alpha value is -2.29. The molecule has 3 heteroatoms. The zero-order valence-corrected chi connectivity index (χ0v) is 14.4. The van der Waals surface area contributed by atoms with Gasteiger partial charge < -0.3 is 9.47 Å². The maximum absolute atomic E-state index is 12.0. The molecular formula is C21H26O3. The van der Waals surface area contributed by atoms with E-state index in [1.54, 1.807) is 12.1 Å². The van der Waals surface area contributed by atoms with Gasteiger partial charge in [0.2, 0.25) is 0 Å². The zero-order valence-electron chi connectivity index (χ0n) is 14.4. The van der Waals surface area contributed by atoms with Crippen molar-refractivity contribution in [3.8, 4) is 5.75 Å². The van der Waals surface area contributed by atoms with Gasteiger partial charge in [-0.25, -0.2) is 4.79 Å².